The summed E-state index contributed by atoms with van der Waals surface area (Å²) in [6.45, 7) is 1.30. The van der Waals surface area contributed by atoms with E-state index in [0.717, 1.165) is 18.4 Å². The maximum absolute atomic E-state index is 12.4. The second-order valence-electron chi connectivity index (χ2n) is 6.41. The number of anilines is 1. The summed E-state index contributed by atoms with van der Waals surface area (Å²) in [6, 6.07) is 13.5. The predicted molar refractivity (Wildman–Crippen MR) is 96.3 cm³/mol. The van der Waals surface area contributed by atoms with Gasteiger partial charge in [0.15, 0.2) is 9.84 Å². The highest BCUT2D eigenvalue weighted by Gasteiger charge is 2.21. The summed E-state index contributed by atoms with van der Waals surface area (Å²) < 4.78 is 28.9. The van der Waals surface area contributed by atoms with Crippen LogP contribution in [0.1, 0.15) is 28.8 Å². The number of rotatable bonds is 7. The fourth-order valence-electron chi connectivity index (χ4n) is 2.44. The molecule has 1 saturated carbocycles. The van der Waals surface area contributed by atoms with Crippen LogP contribution in [0.25, 0.3) is 0 Å². The Hall–Kier alpha value is -2.18. The van der Waals surface area contributed by atoms with E-state index in [2.05, 4.69) is 5.32 Å². The number of carbonyl (C=O) groups excluding carboxylic acids is 1. The molecular weight excluding hydrogens is 338 g/mol. The van der Waals surface area contributed by atoms with Crippen molar-refractivity contribution >= 4 is 21.4 Å². The first-order valence-electron chi connectivity index (χ1n) is 8.20. The highest BCUT2D eigenvalue weighted by Crippen LogP contribution is 2.29. The second-order valence-corrected chi connectivity index (χ2v) is 8.43. The zero-order chi connectivity index (χ0) is 17.9. The maximum Gasteiger partial charge on any atom is 0.255 e. The second kappa shape index (κ2) is 7.37. The van der Waals surface area contributed by atoms with Crippen LogP contribution >= 0.6 is 0 Å². The van der Waals surface area contributed by atoms with Gasteiger partial charge >= 0.3 is 0 Å². The summed E-state index contributed by atoms with van der Waals surface area (Å²) in [6.07, 6.45) is 3.63. The molecule has 132 valence electrons. The number of carbonyl (C=O) groups is 1. The van der Waals surface area contributed by atoms with Gasteiger partial charge in [-0.3, -0.25) is 4.79 Å². The molecule has 2 aromatic rings. The van der Waals surface area contributed by atoms with Gasteiger partial charge in [0.1, 0.15) is 0 Å². The fraction of sp³-hybridized carbons (Fsp3) is 0.316. The molecule has 0 aliphatic heterocycles. The number of sulfone groups is 1. The Morgan fingerprint density at radius 1 is 1.16 bits per heavy atom. The lowest BCUT2D eigenvalue weighted by molar-refractivity contribution is 0.102. The smallest absolute Gasteiger partial charge is 0.255 e. The average molecular weight is 359 g/mol. The zero-order valence-corrected chi connectivity index (χ0v) is 14.9. The van der Waals surface area contributed by atoms with Crippen molar-refractivity contribution in [2.45, 2.75) is 24.3 Å². The van der Waals surface area contributed by atoms with Crippen molar-refractivity contribution in [3.63, 3.8) is 0 Å². The Morgan fingerprint density at radius 3 is 2.64 bits per heavy atom. The van der Waals surface area contributed by atoms with Gasteiger partial charge in [-0.1, -0.05) is 18.2 Å². The number of ether oxygens (including phenoxy) is 1. The highest BCUT2D eigenvalue weighted by atomic mass is 32.2. The zero-order valence-electron chi connectivity index (χ0n) is 14.1. The third kappa shape index (κ3) is 5.14. The van der Waals surface area contributed by atoms with Gasteiger partial charge in [0, 0.05) is 24.1 Å². The van der Waals surface area contributed by atoms with E-state index in [1.54, 1.807) is 18.2 Å². The summed E-state index contributed by atoms with van der Waals surface area (Å²) >= 11 is 0. The van der Waals surface area contributed by atoms with Crippen molar-refractivity contribution in [2.75, 3.05) is 18.2 Å². The van der Waals surface area contributed by atoms with Gasteiger partial charge in [0.25, 0.3) is 5.91 Å². The van der Waals surface area contributed by atoms with Crippen LogP contribution in [0.15, 0.2) is 53.4 Å². The van der Waals surface area contributed by atoms with Crippen molar-refractivity contribution in [3.8, 4) is 0 Å². The van der Waals surface area contributed by atoms with Crippen LogP contribution in [-0.2, 0) is 21.2 Å². The Morgan fingerprint density at radius 2 is 1.92 bits per heavy atom. The first-order chi connectivity index (χ1) is 11.9. The fourth-order valence-corrected chi connectivity index (χ4v) is 3.10. The summed E-state index contributed by atoms with van der Waals surface area (Å²) in [7, 11) is -3.35. The molecule has 0 bridgehead atoms. The minimum absolute atomic E-state index is 0.127. The van der Waals surface area contributed by atoms with Gasteiger partial charge in [0.2, 0.25) is 0 Å². The summed E-state index contributed by atoms with van der Waals surface area (Å²) in [5.74, 6) is 0.367. The molecule has 0 heterocycles. The van der Waals surface area contributed by atoms with Crippen LogP contribution < -0.4 is 5.32 Å². The molecule has 0 unspecified atom stereocenters. The van der Waals surface area contributed by atoms with Gasteiger partial charge < -0.3 is 10.1 Å². The quantitative estimate of drug-likeness (QED) is 0.823. The van der Waals surface area contributed by atoms with Gasteiger partial charge in [-0.15, -0.1) is 0 Å². The first kappa shape index (κ1) is 17.6. The molecule has 6 heteroatoms. The topological polar surface area (TPSA) is 72.5 Å². The molecule has 25 heavy (non-hydrogen) atoms. The third-order valence-corrected chi connectivity index (χ3v) is 5.14. The molecule has 1 amide bonds. The van der Waals surface area contributed by atoms with E-state index in [4.69, 9.17) is 4.74 Å². The van der Waals surface area contributed by atoms with Gasteiger partial charge in [0.05, 0.1) is 11.5 Å². The minimum atomic E-state index is -3.35. The lowest BCUT2D eigenvalue weighted by Crippen LogP contribution is -2.13. The SMILES string of the molecule is CS(=O)(=O)c1cccc(C(=O)Nc2cccc(COCC3CC3)c2)c1. The molecule has 5 nitrogen and oxygen atoms in total. The highest BCUT2D eigenvalue weighted by molar-refractivity contribution is 7.90. The van der Waals surface area contributed by atoms with Crippen molar-refractivity contribution in [3.05, 3.63) is 59.7 Å². The molecule has 0 radical (unpaired) electrons. The number of amides is 1. The molecule has 1 N–H and O–H groups in total. The van der Waals surface area contributed by atoms with E-state index in [0.29, 0.717) is 23.8 Å². The van der Waals surface area contributed by atoms with Crippen LogP contribution in [0.5, 0.6) is 0 Å². The first-order valence-corrected chi connectivity index (χ1v) is 10.1. The standard InChI is InChI=1S/C19H21NO4S/c1-25(22,23)18-7-3-5-16(11-18)19(21)20-17-6-2-4-15(10-17)13-24-12-14-8-9-14/h2-7,10-11,14H,8-9,12-13H2,1H3,(H,20,21). The van der Waals surface area contributed by atoms with Crippen molar-refractivity contribution < 1.29 is 17.9 Å². The van der Waals surface area contributed by atoms with Gasteiger partial charge in [-0.2, -0.15) is 0 Å². The molecular formula is C19H21NO4S. The molecule has 1 aliphatic rings. The third-order valence-electron chi connectivity index (χ3n) is 4.03. The Labute approximate surface area is 147 Å². The van der Waals surface area contributed by atoms with Gasteiger partial charge in [-0.25, -0.2) is 8.42 Å². The van der Waals surface area contributed by atoms with Crippen LogP contribution in [0, 0.1) is 5.92 Å². The molecule has 1 aliphatic carbocycles. The summed E-state index contributed by atoms with van der Waals surface area (Å²) in [5, 5.41) is 2.80. The number of benzene rings is 2. The average Bonchev–Trinajstić information content (AvgIpc) is 3.39. The largest absolute Gasteiger partial charge is 0.376 e. The van der Waals surface area contributed by atoms with Crippen molar-refractivity contribution in [1.29, 1.82) is 0 Å². The summed E-state index contributed by atoms with van der Waals surface area (Å²) in [5.41, 5.74) is 1.95. The molecule has 2 aromatic carbocycles. The molecule has 0 saturated heterocycles. The van der Waals surface area contributed by atoms with E-state index in [1.807, 2.05) is 18.2 Å². The molecule has 1 fully saturated rings. The van der Waals surface area contributed by atoms with Crippen LogP contribution in [0.4, 0.5) is 5.69 Å². The number of nitrogens with one attached hydrogen (secondary N) is 1. The molecule has 0 spiro atoms. The Bertz CT molecular complexity index is 872. The van der Waals surface area contributed by atoms with Crippen molar-refractivity contribution in [2.24, 2.45) is 5.92 Å². The van der Waals surface area contributed by atoms with E-state index in [1.165, 1.54) is 25.0 Å². The normalized spacial score (nSPS) is 14.3. The van der Waals surface area contributed by atoms with E-state index < -0.39 is 9.84 Å². The van der Waals surface area contributed by atoms with Crippen molar-refractivity contribution in [1.82, 2.24) is 0 Å². The number of hydrogen-bond acceptors (Lipinski definition) is 4. The lowest BCUT2D eigenvalue weighted by atomic mass is 10.2. The maximum atomic E-state index is 12.4. The summed E-state index contributed by atoms with van der Waals surface area (Å²) in [4.78, 5) is 12.5. The monoisotopic (exact) mass is 359 g/mol. The van der Waals surface area contributed by atoms with E-state index >= 15 is 0 Å². The predicted octanol–water partition coefficient (Wildman–Crippen LogP) is 3.27. The van der Waals surface area contributed by atoms with E-state index in [-0.39, 0.29) is 10.8 Å². The molecule has 0 atom stereocenters. The van der Waals surface area contributed by atoms with Gasteiger partial charge in [-0.05, 0) is 54.7 Å². The van der Waals surface area contributed by atoms with Crippen LogP contribution in [0.2, 0.25) is 0 Å². The molecule has 0 aromatic heterocycles. The minimum Gasteiger partial charge on any atom is -0.376 e. The Kier molecular flexibility index (Phi) is 5.20. The van der Waals surface area contributed by atoms with E-state index in [9.17, 15) is 13.2 Å². The van der Waals surface area contributed by atoms with Crippen LogP contribution in [0.3, 0.4) is 0 Å². The lowest BCUT2D eigenvalue weighted by Gasteiger charge is -2.09. The Balaban J connectivity index is 1.66. The van der Waals surface area contributed by atoms with Crippen LogP contribution in [-0.4, -0.2) is 27.2 Å². The number of hydrogen-bond donors (Lipinski definition) is 1. The molecule has 3 rings (SSSR count).